The molecule has 1 fully saturated rings. The highest BCUT2D eigenvalue weighted by Gasteiger charge is 2.27. The number of alkyl halides is 1. The minimum Gasteiger partial charge on any atom is -0.469 e. The number of nitrogens with one attached hydrogen (secondary N) is 1. The molecule has 2 aliphatic rings. The Morgan fingerprint density at radius 2 is 1.90 bits per heavy atom. The Hall–Kier alpha value is -3.26. The van der Waals surface area contributed by atoms with E-state index in [2.05, 4.69) is 20.3 Å². The van der Waals surface area contributed by atoms with Crippen molar-refractivity contribution in [1.82, 2.24) is 15.3 Å². The highest BCUT2D eigenvalue weighted by atomic mass is 19.1. The molecule has 2 aromatic carbocycles. The molecular weight excluding hydrogens is 405 g/mol. The molecular formula is C23H19F3N4O. The summed E-state index contributed by atoms with van der Waals surface area (Å²) >= 11 is 0. The predicted octanol–water partition coefficient (Wildman–Crippen LogP) is 3.85. The summed E-state index contributed by atoms with van der Waals surface area (Å²) in [5.74, 6) is -1.05. The highest BCUT2D eigenvalue weighted by molar-refractivity contribution is 6.14. The zero-order valence-electron chi connectivity index (χ0n) is 16.5. The number of halogens is 3. The van der Waals surface area contributed by atoms with Crippen molar-refractivity contribution in [3.8, 4) is 17.0 Å². The number of hydrogen-bond donors (Lipinski definition) is 1. The molecule has 3 aromatic rings. The van der Waals surface area contributed by atoms with Gasteiger partial charge >= 0.3 is 0 Å². The molecule has 0 amide bonds. The van der Waals surface area contributed by atoms with Crippen molar-refractivity contribution in [2.24, 2.45) is 4.99 Å². The van der Waals surface area contributed by atoms with Gasteiger partial charge in [-0.2, -0.15) is 0 Å². The Morgan fingerprint density at radius 1 is 1.06 bits per heavy atom. The molecule has 0 spiro atoms. The summed E-state index contributed by atoms with van der Waals surface area (Å²) in [4.78, 5) is 13.2. The number of rotatable bonds is 4. The second-order valence-corrected chi connectivity index (χ2v) is 7.54. The van der Waals surface area contributed by atoms with E-state index in [1.807, 2.05) is 6.07 Å². The maximum absolute atomic E-state index is 14.3. The third-order valence-corrected chi connectivity index (χ3v) is 5.50. The largest absolute Gasteiger partial charge is 0.469 e. The van der Waals surface area contributed by atoms with Gasteiger partial charge in [0.15, 0.2) is 0 Å². The van der Waals surface area contributed by atoms with Gasteiger partial charge in [0, 0.05) is 12.1 Å². The molecule has 5 nitrogen and oxygen atoms in total. The van der Waals surface area contributed by atoms with Gasteiger partial charge in [-0.3, -0.25) is 9.98 Å². The lowest BCUT2D eigenvalue weighted by molar-refractivity contribution is 0.0704. The molecule has 0 saturated carbocycles. The average molecular weight is 424 g/mol. The van der Waals surface area contributed by atoms with Gasteiger partial charge in [0.2, 0.25) is 5.88 Å². The highest BCUT2D eigenvalue weighted by Crippen LogP contribution is 2.31. The molecule has 2 atom stereocenters. The van der Waals surface area contributed by atoms with Crippen LogP contribution in [0, 0.1) is 11.6 Å². The van der Waals surface area contributed by atoms with E-state index >= 15 is 0 Å². The monoisotopic (exact) mass is 424 g/mol. The lowest BCUT2D eigenvalue weighted by atomic mass is 9.96. The fourth-order valence-electron chi connectivity index (χ4n) is 3.92. The van der Waals surface area contributed by atoms with Crippen molar-refractivity contribution >= 4 is 5.71 Å². The van der Waals surface area contributed by atoms with Crippen molar-refractivity contribution in [3.05, 3.63) is 77.2 Å². The van der Waals surface area contributed by atoms with Gasteiger partial charge in [-0.25, -0.2) is 18.2 Å². The maximum atomic E-state index is 14.3. The standard InChI is InChI=1S/C23H19F3N4O/c24-16-6-7-27-11-20(16)31-21-12-28-10-19(30-21)23-15-8-13(4-5-14(15)9-29-23)22-17(25)2-1-3-18(22)26/h1-5,8,10,12,16,20,27H,6-7,9,11H2/t16-,20?/m0/s1. The zero-order chi connectivity index (χ0) is 21.4. The van der Waals surface area contributed by atoms with Crippen molar-refractivity contribution in [1.29, 1.82) is 0 Å². The van der Waals surface area contributed by atoms with Gasteiger partial charge in [-0.1, -0.05) is 18.2 Å². The fraction of sp³-hybridized carbons (Fsp3) is 0.261. The van der Waals surface area contributed by atoms with E-state index in [0.717, 1.165) is 11.1 Å². The molecule has 1 N–H and O–H groups in total. The van der Waals surface area contributed by atoms with E-state index in [1.54, 1.807) is 18.3 Å². The first-order valence-electron chi connectivity index (χ1n) is 10.1. The van der Waals surface area contributed by atoms with E-state index in [4.69, 9.17) is 4.74 Å². The Labute approximate surface area is 177 Å². The molecule has 1 aromatic heterocycles. The van der Waals surface area contributed by atoms with Crippen LogP contribution in [0.1, 0.15) is 23.2 Å². The average Bonchev–Trinajstić information content (AvgIpc) is 3.19. The number of piperidine rings is 1. The number of aromatic nitrogens is 2. The normalized spacial score (nSPS) is 20.3. The number of ether oxygens (including phenoxy) is 1. The van der Waals surface area contributed by atoms with Crippen LogP contribution in [0.2, 0.25) is 0 Å². The predicted molar refractivity (Wildman–Crippen MR) is 110 cm³/mol. The lowest BCUT2D eigenvalue weighted by Crippen LogP contribution is -2.45. The van der Waals surface area contributed by atoms with Gasteiger partial charge in [0.1, 0.15) is 29.6 Å². The van der Waals surface area contributed by atoms with Crippen LogP contribution in [0.5, 0.6) is 5.88 Å². The van der Waals surface area contributed by atoms with Crippen LogP contribution in [0.4, 0.5) is 13.2 Å². The summed E-state index contributed by atoms with van der Waals surface area (Å²) in [6, 6.07) is 8.99. The molecule has 31 heavy (non-hydrogen) atoms. The van der Waals surface area contributed by atoms with E-state index in [-0.39, 0.29) is 11.4 Å². The van der Waals surface area contributed by atoms with Crippen LogP contribution in [-0.2, 0) is 6.54 Å². The molecule has 0 bridgehead atoms. The molecule has 8 heteroatoms. The van der Waals surface area contributed by atoms with Crippen molar-refractivity contribution in [2.75, 3.05) is 13.1 Å². The Morgan fingerprint density at radius 3 is 2.71 bits per heavy atom. The van der Waals surface area contributed by atoms with E-state index in [1.165, 1.54) is 24.4 Å². The quantitative estimate of drug-likeness (QED) is 0.691. The molecule has 1 unspecified atom stereocenters. The van der Waals surface area contributed by atoms with Gasteiger partial charge in [-0.15, -0.1) is 0 Å². The van der Waals surface area contributed by atoms with E-state index in [0.29, 0.717) is 43.0 Å². The number of aliphatic imine (C=N–C) groups is 1. The second kappa shape index (κ2) is 8.11. The van der Waals surface area contributed by atoms with Crippen LogP contribution in [0.25, 0.3) is 11.1 Å². The third kappa shape index (κ3) is 3.79. The van der Waals surface area contributed by atoms with Gasteiger partial charge in [0.25, 0.3) is 0 Å². The fourth-order valence-corrected chi connectivity index (χ4v) is 3.92. The lowest BCUT2D eigenvalue weighted by Gasteiger charge is -2.26. The Balaban J connectivity index is 1.46. The molecule has 0 aliphatic carbocycles. The van der Waals surface area contributed by atoms with Crippen LogP contribution >= 0.6 is 0 Å². The second-order valence-electron chi connectivity index (χ2n) is 7.54. The molecule has 5 rings (SSSR count). The van der Waals surface area contributed by atoms with Crippen LogP contribution < -0.4 is 10.1 Å². The number of fused-ring (bicyclic) bond motifs is 1. The van der Waals surface area contributed by atoms with E-state index < -0.39 is 23.9 Å². The summed E-state index contributed by atoms with van der Waals surface area (Å²) in [5, 5.41) is 3.10. The summed E-state index contributed by atoms with van der Waals surface area (Å²) in [5.41, 5.74) is 3.00. The molecule has 3 heterocycles. The summed E-state index contributed by atoms with van der Waals surface area (Å²) < 4.78 is 48.4. The molecule has 158 valence electrons. The number of benzene rings is 2. The third-order valence-electron chi connectivity index (χ3n) is 5.50. The summed E-state index contributed by atoms with van der Waals surface area (Å²) in [6.07, 6.45) is 1.66. The van der Waals surface area contributed by atoms with Gasteiger partial charge < -0.3 is 10.1 Å². The van der Waals surface area contributed by atoms with Crippen LogP contribution in [0.15, 0.2) is 53.8 Å². The first kappa shape index (κ1) is 19.7. The summed E-state index contributed by atoms with van der Waals surface area (Å²) in [7, 11) is 0. The smallest absolute Gasteiger partial charge is 0.233 e. The molecule has 2 aliphatic heterocycles. The minimum absolute atomic E-state index is 0.0847. The van der Waals surface area contributed by atoms with Crippen molar-refractivity contribution < 1.29 is 17.9 Å². The van der Waals surface area contributed by atoms with Crippen molar-refractivity contribution in [3.63, 3.8) is 0 Å². The summed E-state index contributed by atoms with van der Waals surface area (Å²) in [6.45, 7) is 1.44. The van der Waals surface area contributed by atoms with Crippen LogP contribution in [0.3, 0.4) is 0 Å². The topological polar surface area (TPSA) is 59.4 Å². The van der Waals surface area contributed by atoms with E-state index in [9.17, 15) is 13.2 Å². The number of nitrogens with zero attached hydrogens (tertiary/aromatic N) is 3. The zero-order valence-corrected chi connectivity index (χ0v) is 16.5. The Bertz CT molecular complexity index is 1150. The first-order chi connectivity index (χ1) is 15.1. The van der Waals surface area contributed by atoms with Gasteiger partial charge in [0.05, 0.1) is 30.2 Å². The first-order valence-corrected chi connectivity index (χ1v) is 10.1. The molecule has 1 saturated heterocycles. The maximum Gasteiger partial charge on any atom is 0.233 e. The van der Waals surface area contributed by atoms with Crippen LogP contribution in [-0.4, -0.2) is 41.0 Å². The Kier molecular flexibility index (Phi) is 5.15. The van der Waals surface area contributed by atoms with Crippen molar-refractivity contribution in [2.45, 2.75) is 25.2 Å². The SMILES string of the molecule is Fc1cccc(F)c1-c1ccc2c(c1)C(c1cncc(OC3CNCC[C@@H]3F)n1)=NC2. The van der Waals surface area contributed by atoms with Gasteiger partial charge in [-0.05, 0) is 42.3 Å². The number of hydrogen-bond acceptors (Lipinski definition) is 5. The molecule has 0 radical (unpaired) electrons. The minimum atomic E-state index is -1.07.